The highest BCUT2D eigenvalue weighted by atomic mass is 16.2. The summed E-state index contributed by atoms with van der Waals surface area (Å²) in [5, 5.41) is 7.28. The monoisotopic (exact) mass is 410 g/mol. The molecule has 0 aliphatic carbocycles. The molecule has 0 unspecified atom stereocenters. The first kappa shape index (κ1) is 19.1. The van der Waals surface area contributed by atoms with Gasteiger partial charge in [-0.25, -0.2) is 4.52 Å². The Morgan fingerprint density at radius 3 is 2.58 bits per heavy atom. The Kier molecular flexibility index (Phi) is 4.96. The number of rotatable bonds is 4. The van der Waals surface area contributed by atoms with Crippen molar-refractivity contribution < 1.29 is 9.59 Å². The maximum Gasteiger partial charge on any atom is 0.258 e. The number of nitrogens with one attached hydrogen (secondary N) is 1. The van der Waals surface area contributed by atoms with Crippen LogP contribution in [0.25, 0.3) is 5.52 Å². The molecule has 0 bridgehead atoms. The molecule has 0 radical (unpaired) electrons. The summed E-state index contributed by atoms with van der Waals surface area (Å²) >= 11 is 0. The van der Waals surface area contributed by atoms with E-state index in [-0.39, 0.29) is 11.8 Å². The van der Waals surface area contributed by atoms with Gasteiger partial charge in [0.25, 0.3) is 11.8 Å². The molecule has 0 spiro atoms. The summed E-state index contributed by atoms with van der Waals surface area (Å²) in [5.74, 6) is -0.146. The zero-order valence-corrected chi connectivity index (χ0v) is 17.0. The highest BCUT2D eigenvalue weighted by molar-refractivity contribution is 6.00. The van der Waals surface area contributed by atoms with Crippen LogP contribution in [-0.2, 0) is 19.5 Å². The van der Waals surface area contributed by atoms with Crippen molar-refractivity contribution in [3.63, 3.8) is 0 Å². The van der Waals surface area contributed by atoms with Gasteiger partial charge in [0.05, 0.1) is 17.3 Å². The Morgan fingerprint density at radius 2 is 1.74 bits per heavy atom. The van der Waals surface area contributed by atoms with Gasteiger partial charge in [0.15, 0.2) is 0 Å². The van der Waals surface area contributed by atoms with Crippen molar-refractivity contribution in [3.05, 3.63) is 107 Å². The molecule has 0 saturated carbocycles. The summed E-state index contributed by atoms with van der Waals surface area (Å²) in [6.45, 7) is 1.68. The molecule has 31 heavy (non-hydrogen) atoms. The van der Waals surface area contributed by atoms with Crippen LogP contribution in [0.15, 0.2) is 79.1 Å². The Balaban J connectivity index is 1.34. The van der Waals surface area contributed by atoms with Crippen molar-refractivity contribution in [2.45, 2.75) is 19.5 Å². The summed E-state index contributed by atoms with van der Waals surface area (Å²) in [4.78, 5) is 27.5. The Hall–Kier alpha value is -3.93. The highest BCUT2D eigenvalue weighted by Crippen LogP contribution is 2.22. The van der Waals surface area contributed by atoms with Crippen molar-refractivity contribution in [1.82, 2.24) is 19.8 Å². The van der Waals surface area contributed by atoms with Gasteiger partial charge in [-0.1, -0.05) is 42.5 Å². The van der Waals surface area contributed by atoms with Crippen molar-refractivity contribution in [2.75, 3.05) is 6.54 Å². The predicted molar refractivity (Wildman–Crippen MR) is 118 cm³/mol. The normalized spacial score (nSPS) is 13.1. The van der Waals surface area contributed by atoms with Gasteiger partial charge in [-0.3, -0.25) is 9.59 Å². The largest absolute Gasteiger partial charge is 0.348 e. The standard InChI is InChI=1S/C25H22N4O2/c30-24(20-7-2-1-3-8-20)26-15-18-10-13-29-23(14-18)22(16-27-29)25(31)28-12-11-19-6-4-5-9-21(19)17-28/h1-10,13-14,16H,11-12,15,17H2,(H,26,30). The predicted octanol–water partition coefficient (Wildman–Crippen LogP) is 3.46. The zero-order chi connectivity index (χ0) is 21.2. The fraction of sp³-hybridized carbons (Fsp3) is 0.160. The number of hydrogen-bond donors (Lipinski definition) is 1. The minimum absolute atomic E-state index is 0.0185. The van der Waals surface area contributed by atoms with Gasteiger partial charge in [-0.15, -0.1) is 0 Å². The van der Waals surface area contributed by atoms with E-state index in [9.17, 15) is 9.59 Å². The summed E-state index contributed by atoms with van der Waals surface area (Å²) in [7, 11) is 0. The minimum atomic E-state index is -0.128. The van der Waals surface area contributed by atoms with Gasteiger partial charge in [0, 0.05) is 31.4 Å². The topological polar surface area (TPSA) is 66.7 Å². The van der Waals surface area contributed by atoms with Crippen LogP contribution in [0.4, 0.5) is 0 Å². The molecule has 6 nitrogen and oxygen atoms in total. The van der Waals surface area contributed by atoms with Gasteiger partial charge < -0.3 is 10.2 Å². The number of fused-ring (bicyclic) bond motifs is 2. The maximum atomic E-state index is 13.2. The highest BCUT2D eigenvalue weighted by Gasteiger charge is 2.24. The van der Waals surface area contributed by atoms with Gasteiger partial charge in [0.1, 0.15) is 0 Å². The molecule has 5 rings (SSSR count). The average Bonchev–Trinajstić information content (AvgIpc) is 3.25. The van der Waals surface area contributed by atoms with Gasteiger partial charge in [-0.05, 0) is 47.4 Å². The molecule has 3 heterocycles. The number of nitrogens with zero attached hydrogens (tertiary/aromatic N) is 3. The first-order chi connectivity index (χ1) is 15.2. The summed E-state index contributed by atoms with van der Waals surface area (Å²) in [6, 6.07) is 21.2. The number of carbonyl (C=O) groups excluding carboxylic acids is 2. The molecule has 154 valence electrons. The molecule has 0 fully saturated rings. The van der Waals surface area contributed by atoms with E-state index in [1.165, 1.54) is 11.1 Å². The summed E-state index contributed by atoms with van der Waals surface area (Å²) in [5.41, 5.74) is 5.36. The number of benzene rings is 2. The molecule has 2 aromatic heterocycles. The van der Waals surface area contributed by atoms with Crippen LogP contribution in [0.2, 0.25) is 0 Å². The number of hydrogen-bond acceptors (Lipinski definition) is 3. The Bertz CT molecular complexity index is 1260. The van der Waals surface area contributed by atoms with Gasteiger partial charge >= 0.3 is 0 Å². The number of aromatic nitrogens is 2. The molecule has 1 aliphatic heterocycles. The van der Waals surface area contributed by atoms with E-state index in [2.05, 4.69) is 22.5 Å². The van der Waals surface area contributed by atoms with Gasteiger partial charge in [0.2, 0.25) is 0 Å². The SMILES string of the molecule is O=C(NCc1ccn2ncc(C(=O)N3CCc4ccccc4C3)c2c1)c1ccccc1. The second kappa shape index (κ2) is 8.07. The van der Waals surface area contributed by atoms with Crippen LogP contribution < -0.4 is 5.32 Å². The van der Waals surface area contributed by atoms with E-state index >= 15 is 0 Å². The second-order valence-corrected chi connectivity index (χ2v) is 7.72. The number of pyridine rings is 1. The third-order valence-electron chi connectivity index (χ3n) is 5.72. The third kappa shape index (κ3) is 3.80. The minimum Gasteiger partial charge on any atom is -0.348 e. The van der Waals surface area contributed by atoms with Crippen molar-refractivity contribution in [3.8, 4) is 0 Å². The molecule has 0 saturated heterocycles. The Morgan fingerprint density at radius 1 is 0.968 bits per heavy atom. The average molecular weight is 410 g/mol. The van der Waals surface area contributed by atoms with E-state index < -0.39 is 0 Å². The van der Waals surface area contributed by atoms with Crippen LogP contribution in [0.1, 0.15) is 37.4 Å². The molecule has 2 aromatic carbocycles. The molecule has 0 atom stereocenters. The lowest BCUT2D eigenvalue weighted by atomic mass is 9.99. The lowest BCUT2D eigenvalue weighted by molar-refractivity contribution is 0.0736. The van der Waals surface area contributed by atoms with E-state index in [1.807, 2.05) is 53.6 Å². The van der Waals surface area contributed by atoms with E-state index in [1.54, 1.807) is 22.8 Å². The van der Waals surface area contributed by atoms with Crippen LogP contribution >= 0.6 is 0 Å². The van der Waals surface area contributed by atoms with Crippen molar-refractivity contribution in [1.29, 1.82) is 0 Å². The van der Waals surface area contributed by atoms with Crippen LogP contribution in [0.5, 0.6) is 0 Å². The quantitative estimate of drug-likeness (QED) is 0.560. The van der Waals surface area contributed by atoms with Crippen LogP contribution in [0.3, 0.4) is 0 Å². The molecule has 1 aliphatic rings. The molecular formula is C25H22N4O2. The molecule has 4 aromatic rings. The number of amides is 2. The van der Waals surface area contributed by atoms with Gasteiger partial charge in [-0.2, -0.15) is 5.10 Å². The molecular weight excluding hydrogens is 388 g/mol. The maximum absolute atomic E-state index is 13.2. The van der Waals surface area contributed by atoms with E-state index in [0.29, 0.717) is 30.8 Å². The van der Waals surface area contributed by atoms with E-state index in [0.717, 1.165) is 17.5 Å². The first-order valence-electron chi connectivity index (χ1n) is 10.3. The first-order valence-corrected chi connectivity index (χ1v) is 10.3. The molecule has 2 amide bonds. The summed E-state index contributed by atoms with van der Waals surface area (Å²) in [6.07, 6.45) is 4.31. The zero-order valence-electron chi connectivity index (χ0n) is 17.0. The van der Waals surface area contributed by atoms with Crippen LogP contribution in [0, 0.1) is 0 Å². The fourth-order valence-corrected chi connectivity index (χ4v) is 4.01. The third-order valence-corrected chi connectivity index (χ3v) is 5.72. The molecule has 1 N–H and O–H groups in total. The number of carbonyl (C=O) groups is 2. The van der Waals surface area contributed by atoms with Crippen molar-refractivity contribution in [2.24, 2.45) is 0 Å². The van der Waals surface area contributed by atoms with Crippen LogP contribution in [-0.4, -0.2) is 32.9 Å². The smallest absolute Gasteiger partial charge is 0.258 e. The lowest BCUT2D eigenvalue weighted by Gasteiger charge is -2.28. The van der Waals surface area contributed by atoms with E-state index in [4.69, 9.17) is 0 Å². The van der Waals surface area contributed by atoms with Crippen molar-refractivity contribution >= 4 is 17.3 Å². The second-order valence-electron chi connectivity index (χ2n) is 7.72. The molecule has 6 heteroatoms. The lowest BCUT2D eigenvalue weighted by Crippen LogP contribution is -2.35. The Labute approximate surface area is 180 Å². The summed E-state index contributed by atoms with van der Waals surface area (Å²) < 4.78 is 1.70. The fourth-order valence-electron chi connectivity index (χ4n) is 4.01.